The Kier molecular flexibility index (Phi) is 6.78. The van der Waals surface area contributed by atoms with E-state index in [0.29, 0.717) is 11.5 Å². The molecule has 1 N–H and O–H groups in total. The van der Waals surface area contributed by atoms with Gasteiger partial charge in [0.25, 0.3) is 0 Å². The number of fused-ring (bicyclic) bond motifs is 1. The first-order valence-electron chi connectivity index (χ1n) is 11.6. The molecule has 1 amide bonds. The number of aryl methyl sites for hydroxylation is 2. The van der Waals surface area contributed by atoms with Crippen molar-refractivity contribution in [3.63, 3.8) is 0 Å². The number of hydrogen-bond donors (Lipinski definition) is 1. The van der Waals surface area contributed by atoms with Crippen LogP contribution in [0.2, 0.25) is 0 Å². The number of anilines is 1. The Morgan fingerprint density at radius 2 is 2.09 bits per heavy atom. The minimum Gasteiger partial charge on any atom is -0.489 e. The van der Waals surface area contributed by atoms with Crippen molar-refractivity contribution in [2.24, 2.45) is 0 Å². The molecule has 1 saturated heterocycles. The van der Waals surface area contributed by atoms with Gasteiger partial charge in [-0.1, -0.05) is 0 Å². The van der Waals surface area contributed by atoms with Gasteiger partial charge in [0, 0.05) is 42.8 Å². The summed E-state index contributed by atoms with van der Waals surface area (Å²) >= 11 is 1.64. The Balaban J connectivity index is 1.68. The molecule has 182 valence electrons. The van der Waals surface area contributed by atoms with Crippen LogP contribution in [0, 0.1) is 13.8 Å². The van der Waals surface area contributed by atoms with Crippen LogP contribution in [0.25, 0.3) is 21.7 Å². The van der Waals surface area contributed by atoms with Crippen molar-refractivity contribution in [2.45, 2.75) is 52.7 Å². The molecule has 4 rings (SSSR count). The summed E-state index contributed by atoms with van der Waals surface area (Å²) in [6.45, 7) is 12.2. The SMILES string of the molecule is Cc1sc2nc(-c3cc(OC4CCN(C)C4)ccn3)nc(N(C)CC(=O)NC(C)(C)C)c2c1C. The van der Waals surface area contributed by atoms with Gasteiger partial charge >= 0.3 is 0 Å². The molecule has 1 aliphatic rings. The van der Waals surface area contributed by atoms with Crippen LogP contribution in [0.3, 0.4) is 0 Å². The van der Waals surface area contributed by atoms with Gasteiger partial charge in [0.2, 0.25) is 5.91 Å². The van der Waals surface area contributed by atoms with Gasteiger partial charge in [-0.05, 0) is 59.7 Å². The van der Waals surface area contributed by atoms with Crippen molar-refractivity contribution in [1.29, 1.82) is 0 Å². The molecule has 9 heteroatoms. The minimum absolute atomic E-state index is 0.0528. The van der Waals surface area contributed by atoms with E-state index in [-0.39, 0.29) is 24.1 Å². The lowest BCUT2D eigenvalue weighted by Gasteiger charge is -2.24. The first kappa shape index (κ1) is 24.3. The number of amides is 1. The molecule has 3 aromatic rings. The second-order valence-electron chi connectivity index (χ2n) is 10.2. The van der Waals surface area contributed by atoms with Gasteiger partial charge in [-0.25, -0.2) is 9.97 Å². The fourth-order valence-corrected chi connectivity index (χ4v) is 5.18. The normalized spacial score (nSPS) is 16.7. The van der Waals surface area contributed by atoms with Crippen LogP contribution in [-0.2, 0) is 4.79 Å². The molecule has 0 aliphatic carbocycles. The minimum atomic E-state index is -0.294. The van der Waals surface area contributed by atoms with Crippen LogP contribution >= 0.6 is 11.3 Å². The van der Waals surface area contributed by atoms with Crippen molar-refractivity contribution in [1.82, 2.24) is 25.2 Å². The molecule has 1 fully saturated rings. The smallest absolute Gasteiger partial charge is 0.239 e. The van der Waals surface area contributed by atoms with Gasteiger partial charge < -0.3 is 19.9 Å². The zero-order chi connectivity index (χ0) is 24.6. The van der Waals surface area contributed by atoms with Crippen molar-refractivity contribution in [2.75, 3.05) is 38.6 Å². The molecule has 3 aromatic heterocycles. The monoisotopic (exact) mass is 482 g/mol. The summed E-state index contributed by atoms with van der Waals surface area (Å²) < 4.78 is 6.20. The van der Waals surface area contributed by atoms with Crippen molar-refractivity contribution < 1.29 is 9.53 Å². The highest BCUT2D eigenvalue weighted by molar-refractivity contribution is 7.18. The first-order chi connectivity index (χ1) is 16.0. The molecular formula is C25H34N6O2S. The third-order valence-electron chi connectivity index (χ3n) is 5.88. The van der Waals surface area contributed by atoms with Gasteiger partial charge in [-0.15, -0.1) is 11.3 Å². The number of likely N-dealkylation sites (tertiary alicyclic amines) is 1. The van der Waals surface area contributed by atoms with E-state index < -0.39 is 0 Å². The summed E-state index contributed by atoms with van der Waals surface area (Å²) in [7, 11) is 4.00. The second kappa shape index (κ2) is 9.46. The van der Waals surface area contributed by atoms with E-state index >= 15 is 0 Å². The predicted molar refractivity (Wildman–Crippen MR) is 138 cm³/mol. The lowest BCUT2D eigenvalue weighted by atomic mass is 10.1. The van der Waals surface area contributed by atoms with E-state index in [9.17, 15) is 4.79 Å². The fourth-order valence-electron chi connectivity index (χ4n) is 4.16. The number of nitrogens with one attached hydrogen (secondary N) is 1. The molecule has 0 spiro atoms. The highest BCUT2D eigenvalue weighted by atomic mass is 32.1. The first-order valence-corrected chi connectivity index (χ1v) is 12.4. The highest BCUT2D eigenvalue weighted by Gasteiger charge is 2.23. The average Bonchev–Trinajstić information content (AvgIpc) is 3.28. The lowest BCUT2D eigenvalue weighted by Crippen LogP contribution is -2.45. The van der Waals surface area contributed by atoms with Crippen LogP contribution in [0.4, 0.5) is 5.82 Å². The molecule has 0 radical (unpaired) electrons. The van der Waals surface area contributed by atoms with E-state index in [0.717, 1.165) is 46.9 Å². The Morgan fingerprint density at radius 1 is 1.32 bits per heavy atom. The second-order valence-corrected chi connectivity index (χ2v) is 11.4. The highest BCUT2D eigenvalue weighted by Crippen LogP contribution is 2.36. The van der Waals surface area contributed by atoms with Crippen molar-refractivity contribution in [3.8, 4) is 17.3 Å². The van der Waals surface area contributed by atoms with E-state index in [4.69, 9.17) is 14.7 Å². The Hall–Kier alpha value is -2.78. The molecule has 4 heterocycles. The number of nitrogens with zero attached hydrogens (tertiary/aromatic N) is 5. The number of ether oxygens (including phenoxy) is 1. The number of hydrogen-bond acceptors (Lipinski definition) is 8. The zero-order valence-electron chi connectivity index (χ0n) is 21.1. The van der Waals surface area contributed by atoms with Crippen molar-refractivity contribution in [3.05, 3.63) is 28.8 Å². The molecule has 1 atom stereocenters. The molecule has 1 unspecified atom stereocenters. The third kappa shape index (κ3) is 5.47. The Labute approximate surface area is 205 Å². The summed E-state index contributed by atoms with van der Waals surface area (Å²) in [5.41, 5.74) is 1.50. The summed E-state index contributed by atoms with van der Waals surface area (Å²) in [6, 6.07) is 3.78. The maximum absolute atomic E-state index is 12.6. The number of carbonyl (C=O) groups is 1. The number of rotatable bonds is 6. The Bertz CT molecular complexity index is 1200. The number of pyridine rings is 1. The molecule has 8 nitrogen and oxygen atoms in total. The molecule has 34 heavy (non-hydrogen) atoms. The van der Waals surface area contributed by atoms with Crippen LogP contribution in [0.1, 0.15) is 37.6 Å². The van der Waals surface area contributed by atoms with Gasteiger partial charge in [0.1, 0.15) is 28.2 Å². The summed E-state index contributed by atoms with van der Waals surface area (Å²) in [5, 5.41) is 4.01. The molecule has 1 aliphatic heterocycles. The number of carbonyl (C=O) groups excluding carboxylic acids is 1. The van der Waals surface area contributed by atoms with Crippen LogP contribution in [0.15, 0.2) is 18.3 Å². The molecule has 0 aromatic carbocycles. The molecule has 0 bridgehead atoms. The van der Waals surface area contributed by atoms with Crippen LogP contribution in [-0.4, -0.2) is 71.1 Å². The van der Waals surface area contributed by atoms with Gasteiger partial charge in [0.05, 0.1) is 11.9 Å². The van der Waals surface area contributed by atoms with E-state index in [1.54, 1.807) is 17.5 Å². The van der Waals surface area contributed by atoms with Crippen LogP contribution < -0.4 is 15.0 Å². The van der Waals surface area contributed by atoms with Crippen molar-refractivity contribution >= 4 is 33.3 Å². The van der Waals surface area contributed by atoms with E-state index in [1.807, 2.05) is 44.9 Å². The number of thiophene rings is 1. The summed E-state index contributed by atoms with van der Waals surface area (Å²) in [5.74, 6) is 1.98. The lowest BCUT2D eigenvalue weighted by molar-refractivity contribution is -0.121. The largest absolute Gasteiger partial charge is 0.489 e. The van der Waals surface area contributed by atoms with Crippen LogP contribution in [0.5, 0.6) is 5.75 Å². The van der Waals surface area contributed by atoms with Gasteiger partial charge in [-0.3, -0.25) is 9.78 Å². The topological polar surface area (TPSA) is 83.5 Å². The summed E-state index contributed by atoms with van der Waals surface area (Å²) in [4.78, 5) is 33.1. The third-order valence-corrected chi connectivity index (χ3v) is 6.98. The Morgan fingerprint density at radius 3 is 2.76 bits per heavy atom. The van der Waals surface area contributed by atoms with E-state index in [1.165, 1.54) is 4.88 Å². The van der Waals surface area contributed by atoms with E-state index in [2.05, 4.69) is 36.1 Å². The predicted octanol–water partition coefficient (Wildman–Crippen LogP) is 3.80. The molecule has 0 saturated carbocycles. The standard InChI is InChI=1S/C25H34N6O2S/c1-15-16(2)34-24-21(15)23(31(7)14-20(32)29-25(3,4)5)27-22(28-24)19-12-17(8-10-26-19)33-18-9-11-30(6)13-18/h8,10,12,18H,9,11,13-14H2,1-7H3,(H,29,32). The molecular weight excluding hydrogens is 448 g/mol. The number of likely N-dealkylation sites (N-methyl/N-ethyl adjacent to an activating group) is 2. The maximum Gasteiger partial charge on any atom is 0.239 e. The zero-order valence-corrected chi connectivity index (χ0v) is 21.9. The fraction of sp³-hybridized carbons (Fsp3) is 0.520. The summed E-state index contributed by atoms with van der Waals surface area (Å²) in [6.07, 6.45) is 2.92. The van der Waals surface area contributed by atoms with Gasteiger partial charge in [0.15, 0.2) is 5.82 Å². The maximum atomic E-state index is 12.6. The van der Waals surface area contributed by atoms with Gasteiger partial charge in [-0.2, -0.15) is 0 Å². The number of aromatic nitrogens is 3. The quantitative estimate of drug-likeness (QED) is 0.572. The average molecular weight is 483 g/mol.